The van der Waals surface area contributed by atoms with Crippen LogP contribution < -0.4 is 14.8 Å². The Bertz CT molecular complexity index is 984. The van der Waals surface area contributed by atoms with Gasteiger partial charge >= 0.3 is 0 Å². The van der Waals surface area contributed by atoms with Crippen molar-refractivity contribution < 1.29 is 18.7 Å². The quantitative estimate of drug-likeness (QED) is 0.611. The smallest absolute Gasteiger partial charge is 0.225 e. The van der Waals surface area contributed by atoms with Crippen LogP contribution >= 0.6 is 11.3 Å². The molecular formula is C22H20FNO3S. The van der Waals surface area contributed by atoms with Crippen molar-refractivity contribution in [1.82, 2.24) is 0 Å². The number of ether oxygens (including phenoxy) is 2. The molecule has 1 N–H and O–H groups in total. The van der Waals surface area contributed by atoms with Gasteiger partial charge in [-0.3, -0.25) is 4.79 Å². The van der Waals surface area contributed by atoms with Crippen LogP contribution in [0.5, 0.6) is 11.5 Å². The third kappa shape index (κ3) is 3.87. The van der Waals surface area contributed by atoms with E-state index in [1.165, 1.54) is 12.1 Å². The summed E-state index contributed by atoms with van der Waals surface area (Å²) in [4.78, 5) is 13.2. The van der Waals surface area contributed by atoms with E-state index in [1.54, 1.807) is 23.5 Å². The molecule has 1 aromatic heterocycles. The summed E-state index contributed by atoms with van der Waals surface area (Å²) in [5.41, 5.74) is 2.79. The lowest BCUT2D eigenvalue weighted by Crippen LogP contribution is -2.22. The van der Waals surface area contributed by atoms with Gasteiger partial charge in [-0.15, -0.1) is 11.3 Å². The molecule has 1 amide bonds. The Labute approximate surface area is 166 Å². The molecule has 4 nitrogen and oxygen atoms in total. The normalized spacial score (nSPS) is 15.6. The number of halogens is 1. The number of carbonyl (C=O) groups excluding carboxylic acids is 1. The fourth-order valence-electron chi connectivity index (χ4n) is 3.31. The van der Waals surface area contributed by atoms with Gasteiger partial charge in [0.05, 0.1) is 12.3 Å². The number of benzene rings is 2. The number of thiophene rings is 1. The first kappa shape index (κ1) is 18.5. The molecule has 6 heteroatoms. The Morgan fingerprint density at radius 1 is 1.11 bits per heavy atom. The minimum absolute atomic E-state index is 0.00843. The lowest BCUT2D eigenvalue weighted by Gasteiger charge is -2.24. The topological polar surface area (TPSA) is 47.6 Å². The summed E-state index contributed by atoms with van der Waals surface area (Å²) in [7, 11) is 0. The van der Waals surface area contributed by atoms with Crippen LogP contribution in [0.1, 0.15) is 35.3 Å². The molecule has 0 aliphatic carbocycles. The number of fused-ring (bicyclic) bond motifs is 1. The minimum atomic E-state index is -0.271. The maximum Gasteiger partial charge on any atom is 0.225 e. The zero-order chi connectivity index (χ0) is 19.5. The van der Waals surface area contributed by atoms with Crippen LogP contribution in [0.15, 0.2) is 53.9 Å². The molecule has 28 heavy (non-hydrogen) atoms. The molecule has 1 aliphatic heterocycles. The molecule has 3 aromatic rings. The third-order valence-electron chi connectivity index (χ3n) is 4.65. The van der Waals surface area contributed by atoms with Gasteiger partial charge in [-0.2, -0.15) is 0 Å². The molecule has 1 atom stereocenters. The average Bonchev–Trinajstić information content (AvgIpc) is 3.16. The summed E-state index contributed by atoms with van der Waals surface area (Å²) in [5, 5.41) is 4.91. The van der Waals surface area contributed by atoms with Gasteiger partial charge in [-0.25, -0.2) is 4.39 Å². The SMILES string of the molecule is CCOc1cc(C2CC(=O)Nc3ccsc32)ccc1OCc1ccc(F)cc1. The van der Waals surface area contributed by atoms with Crippen LogP contribution in [0.25, 0.3) is 0 Å². The second kappa shape index (κ2) is 8.02. The molecule has 2 heterocycles. The van der Waals surface area contributed by atoms with Crippen molar-refractivity contribution in [3.63, 3.8) is 0 Å². The van der Waals surface area contributed by atoms with E-state index in [1.807, 2.05) is 36.6 Å². The van der Waals surface area contributed by atoms with Crippen molar-refractivity contribution in [2.45, 2.75) is 25.9 Å². The van der Waals surface area contributed by atoms with Gasteiger partial charge in [0.2, 0.25) is 5.91 Å². The van der Waals surface area contributed by atoms with Crippen molar-refractivity contribution in [2.75, 3.05) is 11.9 Å². The Kier molecular flexibility index (Phi) is 5.30. The fourth-order valence-corrected chi connectivity index (χ4v) is 4.29. The molecule has 0 saturated heterocycles. The number of hydrogen-bond acceptors (Lipinski definition) is 4. The second-order valence-electron chi connectivity index (χ2n) is 6.56. The highest BCUT2D eigenvalue weighted by Gasteiger charge is 2.28. The lowest BCUT2D eigenvalue weighted by molar-refractivity contribution is -0.116. The predicted octanol–water partition coefficient (Wildman–Crippen LogP) is 5.34. The minimum Gasteiger partial charge on any atom is -0.490 e. The fraction of sp³-hybridized carbons (Fsp3) is 0.227. The van der Waals surface area contributed by atoms with Gasteiger partial charge in [0.25, 0.3) is 0 Å². The van der Waals surface area contributed by atoms with Gasteiger partial charge in [0, 0.05) is 17.2 Å². The Balaban J connectivity index is 1.59. The third-order valence-corrected chi connectivity index (χ3v) is 5.68. The van der Waals surface area contributed by atoms with E-state index < -0.39 is 0 Å². The van der Waals surface area contributed by atoms with Gasteiger partial charge in [-0.05, 0) is 53.8 Å². The van der Waals surface area contributed by atoms with Gasteiger partial charge in [-0.1, -0.05) is 18.2 Å². The average molecular weight is 397 g/mol. The highest BCUT2D eigenvalue weighted by molar-refractivity contribution is 7.10. The zero-order valence-corrected chi connectivity index (χ0v) is 16.2. The molecule has 0 fully saturated rings. The van der Waals surface area contributed by atoms with E-state index in [-0.39, 0.29) is 17.6 Å². The van der Waals surface area contributed by atoms with E-state index in [0.29, 0.717) is 31.1 Å². The van der Waals surface area contributed by atoms with Gasteiger partial charge in [0.15, 0.2) is 11.5 Å². The van der Waals surface area contributed by atoms with Crippen molar-refractivity contribution in [2.24, 2.45) is 0 Å². The first-order chi connectivity index (χ1) is 13.6. The van der Waals surface area contributed by atoms with Crippen molar-refractivity contribution in [3.8, 4) is 11.5 Å². The van der Waals surface area contributed by atoms with Crippen molar-refractivity contribution in [1.29, 1.82) is 0 Å². The van der Waals surface area contributed by atoms with Crippen LogP contribution in [0, 0.1) is 5.82 Å². The number of rotatable bonds is 6. The summed E-state index contributed by atoms with van der Waals surface area (Å²) in [5.74, 6) is 1.03. The standard InChI is InChI=1S/C22H20FNO3S/c1-2-26-20-11-15(17-12-21(25)24-18-9-10-28-22(17)18)5-8-19(20)27-13-14-3-6-16(23)7-4-14/h3-11,17H,2,12-13H2,1H3,(H,24,25). The van der Waals surface area contributed by atoms with E-state index >= 15 is 0 Å². The molecule has 1 unspecified atom stereocenters. The number of hydrogen-bond donors (Lipinski definition) is 1. The van der Waals surface area contributed by atoms with Crippen LogP contribution in [0.2, 0.25) is 0 Å². The highest BCUT2D eigenvalue weighted by atomic mass is 32.1. The van der Waals surface area contributed by atoms with Gasteiger partial charge in [0.1, 0.15) is 12.4 Å². The van der Waals surface area contributed by atoms with E-state index in [2.05, 4.69) is 5.32 Å². The van der Waals surface area contributed by atoms with E-state index in [0.717, 1.165) is 21.7 Å². The Morgan fingerprint density at radius 2 is 1.93 bits per heavy atom. The number of nitrogens with one attached hydrogen (secondary N) is 1. The first-order valence-electron chi connectivity index (χ1n) is 9.15. The molecule has 2 aromatic carbocycles. The van der Waals surface area contributed by atoms with Crippen LogP contribution in [0.4, 0.5) is 10.1 Å². The van der Waals surface area contributed by atoms with Crippen LogP contribution in [-0.4, -0.2) is 12.5 Å². The molecule has 4 rings (SSSR count). The Morgan fingerprint density at radius 3 is 2.71 bits per heavy atom. The van der Waals surface area contributed by atoms with Gasteiger partial charge < -0.3 is 14.8 Å². The van der Waals surface area contributed by atoms with E-state index in [4.69, 9.17) is 9.47 Å². The highest BCUT2D eigenvalue weighted by Crippen LogP contribution is 2.42. The summed E-state index contributed by atoms with van der Waals surface area (Å²) < 4.78 is 24.8. The largest absolute Gasteiger partial charge is 0.490 e. The molecule has 0 radical (unpaired) electrons. The van der Waals surface area contributed by atoms with E-state index in [9.17, 15) is 9.18 Å². The first-order valence-corrected chi connectivity index (χ1v) is 10.0. The number of amides is 1. The van der Waals surface area contributed by atoms with Crippen LogP contribution in [0.3, 0.4) is 0 Å². The molecule has 0 saturated carbocycles. The molecular weight excluding hydrogens is 377 g/mol. The van der Waals surface area contributed by atoms with Crippen LogP contribution in [-0.2, 0) is 11.4 Å². The maximum atomic E-state index is 13.1. The summed E-state index contributed by atoms with van der Waals surface area (Å²) in [6.45, 7) is 2.74. The van der Waals surface area contributed by atoms with Crippen molar-refractivity contribution in [3.05, 3.63) is 75.7 Å². The monoisotopic (exact) mass is 397 g/mol. The number of anilines is 1. The second-order valence-corrected chi connectivity index (χ2v) is 7.51. The zero-order valence-electron chi connectivity index (χ0n) is 15.4. The van der Waals surface area contributed by atoms with Crippen molar-refractivity contribution >= 4 is 22.9 Å². The summed E-state index contributed by atoms with van der Waals surface area (Å²) >= 11 is 1.65. The maximum absolute atomic E-state index is 13.1. The lowest BCUT2D eigenvalue weighted by atomic mass is 9.90. The summed E-state index contributed by atoms with van der Waals surface area (Å²) in [6.07, 6.45) is 0.412. The molecule has 0 bridgehead atoms. The predicted molar refractivity (Wildman–Crippen MR) is 108 cm³/mol. The Hall–Kier alpha value is -2.86. The molecule has 1 aliphatic rings. The molecule has 0 spiro atoms. The molecule has 144 valence electrons. The number of carbonyl (C=O) groups is 1. The summed E-state index contributed by atoms with van der Waals surface area (Å²) in [6, 6.07) is 14.0.